The van der Waals surface area contributed by atoms with Crippen molar-refractivity contribution in [1.82, 2.24) is 10.2 Å². The Labute approximate surface area is 138 Å². The molecule has 2 aromatic rings. The lowest BCUT2D eigenvalue weighted by Crippen LogP contribution is -2.36. The Balaban J connectivity index is 1.68. The maximum absolute atomic E-state index is 9.66. The number of rotatable bonds is 5. The number of aliphatic hydroxyl groups is 1. The molecule has 0 bridgehead atoms. The van der Waals surface area contributed by atoms with E-state index in [4.69, 9.17) is 0 Å². The summed E-state index contributed by atoms with van der Waals surface area (Å²) in [6.07, 6.45) is 3.53. The van der Waals surface area contributed by atoms with Crippen LogP contribution in [-0.4, -0.2) is 40.8 Å². The van der Waals surface area contributed by atoms with Gasteiger partial charge in [-0.2, -0.15) is 0 Å². The van der Waals surface area contributed by atoms with Gasteiger partial charge in [0.2, 0.25) is 0 Å². The van der Waals surface area contributed by atoms with Crippen molar-refractivity contribution in [3.63, 3.8) is 0 Å². The van der Waals surface area contributed by atoms with Gasteiger partial charge in [0.15, 0.2) is 4.34 Å². The standard InChI is InChI=1S/C15H20N4OS2/c1-21-15-18-17-14(22-15)10-16-12-4-2-3-5-13(12)19-8-6-11(20)7-9-19/h2-5,11,16,20H,6-10H2,1H3. The first-order valence-corrected chi connectivity index (χ1v) is 9.42. The summed E-state index contributed by atoms with van der Waals surface area (Å²) in [7, 11) is 0. The molecule has 0 unspecified atom stereocenters. The molecule has 0 saturated carbocycles. The fraction of sp³-hybridized carbons (Fsp3) is 0.467. The van der Waals surface area contributed by atoms with Crippen LogP contribution in [0.25, 0.3) is 0 Å². The van der Waals surface area contributed by atoms with E-state index < -0.39 is 0 Å². The molecule has 1 aromatic heterocycles. The maximum Gasteiger partial charge on any atom is 0.174 e. The van der Waals surface area contributed by atoms with Gasteiger partial charge in [0.05, 0.1) is 24.0 Å². The van der Waals surface area contributed by atoms with Crippen molar-refractivity contribution in [3.8, 4) is 0 Å². The van der Waals surface area contributed by atoms with Crippen molar-refractivity contribution in [3.05, 3.63) is 29.3 Å². The van der Waals surface area contributed by atoms with E-state index in [-0.39, 0.29) is 6.10 Å². The number of benzene rings is 1. The number of thioether (sulfide) groups is 1. The third kappa shape index (κ3) is 3.71. The molecule has 3 rings (SSSR count). The van der Waals surface area contributed by atoms with Gasteiger partial charge >= 0.3 is 0 Å². The molecule has 7 heteroatoms. The summed E-state index contributed by atoms with van der Waals surface area (Å²) in [6, 6.07) is 8.32. The zero-order valence-electron chi connectivity index (χ0n) is 12.5. The Morgan fingerprint density at radius 2 is 2.09 bits per heavy atom. The van der Waals surface area contributed by atoms with E-state index in [0.717, 1.165) is 41.0 Å². The highest BCUT2D eigenvalue weighted by Gasteiger charge is 2.19. The van der Waals surface area contributed by atoms with E-state index in [9.17, 15) is 5.11 Å². The van der Waals surface area contributed by atoms with Crippen LogP contribution in [0.4, 0.5) is 11.4 Å². The first kappa shape index (κ1) is 15.6. The molecule has 1 aliphatic rings. The second kappa shape index (κ2) is 7.30. The number of aromatic nitrogens is 2. The van der Waals surface area contributed by atoms with Gasteiger partial charge in [-0.15, -0.1) is 10.2 Å². The Bertz CT molecular complexity index is 611. The first-order valence-electron chi connectivity index (χ1n) is 7.38. The molecule has 0 spiro atoms. The van der Waals surface area contributed by atoms with Crippen LogP contribution in [0.2, 0.25) is 0 Å². The van der Waals surface area contributed by atoms with Crippen molar-refractivity contribution in [2.45, 2.75) is 29.8 Å². The van der Waals surface area contributed by atoms with E-state index in [1.807, 2.05) is 12.3 Å². The van der Waals surface area contributed by atoms with Crippen molar-refractivity contribution in [1.29, 1.82) is 0 Å². The quantitative estimate of drug-likeness (QED) is 0.819. The third-order valence-electron chi connectivity index (χ3n) is 3.76. The van der Waals surface area contributed by atoms with Gasteiger partial charge in [-0.1, -0.05) is 35.2 Å². The van der Waals surface area contributed by atoms with Crippen molar-refractivity contribution >= 4 is 34.5 Å². The fourth-order valence-corrected chi connectivity index (χ4v) is 3.82. The third-order valence-corrected chi connectivity index (χ3v) is 5.66. The lowest BCUT2D eigenvalue weighted by Gasteiger charge is -2.32. The molecular formula is C15H20N4OS2. The summed E-state index contributed by atoms with van der Waals surface area (Å²) < 4.78 is 0.995. The lowest BCUT2D eigenvalue weighted by atomic mass is 10.1. The highest BCUT2D eigenvalue weighted by molar-refractivity contribution is 8.00. The molecule has 1 saturated heterocycles. The van der Waals surface area contributed by atoms with Crippen LogP contribution < -0.4 is 10.2 Å². The van der Waals surface area contributed by atoms with Crippen LogP contribution in [-0.2, 0) is 6.54 Å². The minimum absolute atomic E-state index is 0.150. The lowest BCUT2D eigenvalue weighted by molar-refractivity contribution is 0.145. The minimum Gasteiger partial charge on any atom is -0.393 e. The van der Waals surface area contributed by atoms with Gasteiger partial charge in [-0.25, -0.2) is 0 Å². The molecule has 0 radical (unpaired) electrons. The molecule has 0 atom stereocenters. The Hall–Kier alpha value is -1.31. The summed E-state index contributed by atoms with van der Waals surface area (Å²) in [5.41, 5.74) is 2.31. The van der Waals surface area contributed by atoms with Crippen molar-refractivity contribution in [2.75, 3.05) is 29.6 Å². The number of anilines is 2. The van der Waals surface area contributed by atoms with E-state index in [2.05, 4.69) is 38.6 Å². The Kier molecular flexibility index (Phi) is 5.17. The van der Waals surface area contributed by atoms with Crippen LogP contribution in [0.5, 0.6) is 0 Å². The molecule has 5 nitrogen and oxygen atoms in total. The smallest absolute Gasteiger partial charge is 0.174 e. The number of piperidine rings is 1. The molecule has 118 valence electrons. The van der Waals surface area contributed by atoms with Crippen molar-refractivity contribution in [2.24, 2.45) is 0 Å². The normalized spacial score (nSPS) is 16.0. The van der Waals surface area contributed by atoms with E-state index in [0.29, 0.717) is 6.54 Å². The highest BCUT2D eigenvalue weighted by Crippen LogP contribution is 2.29. The minimum atomic E-state index is -0.150. The molecule has 1 fully saturated rings. The summed E-state index contributed by atoms with van der Waals surface area (Å²) in [5, 5.41) is 22.4. The molecular weight excluding hydrogens is 316 g/mol. The van der Waals surface area contributed by atoms with Crippen molar-refractivity contribution < 1.29 is 5.11 Å². The molecule has 0 amide bonds. The molecule has 22 heavy (non-hydrogen) atoms. The molecule has 1 aliphatic heterocycles. The van der Waals surface area contributed by atoms with E-state index in [1.165, 1.54) is 5.69 Å². The predicted octanol–water partition coefficient (Wildman–Crippen LogP) is 2.83. The monoisotopic (exact) mass is 336 g/mol. The van der Waals surface area contributed by atoms with Gasteiger partial charge < -0.3 is 15.3 Å². The topological polar surface area (TPSA) is 61.3 Å². The second-order valence-corrected chi connectivity index (χ2v) is 7.37. The number of aliphatic hydroxyl groups excluding tert-OH is 1. The molecule has 1 aromatic carbocycles. The van der Waals surface area contributed by atoms with Gasteiger partial charge in [-0.05, 0) is 31.2 Å². The molecule has 2 heterocycles. The SMILES string of the molecule is CSc1nnc(CNc2ccccc2N2CCC(O)CC2)s1. The number of nitrogens with one attached hydrogen (secondary N) is 1. The number of hydrogen-bond donors (Lipinski definition) is 2. The first-order chi connectivity index (χ1) is 10.8. The number of nitrogens with zero attached hydrogens (tertiary/aromatic N) is 3. The van der Waals surface area contributed by atoms with Gasteiger partial charge in [0, 0.05) is 13.1 Å². The predicted molar refractivity (Wildman–Crippen MR) is 92.9 cm³/mol. The summed E-state index contributed by atoms with van der Waals surface area (Å²) >= 11 is 3.25. The zero-order valence-corrected chi connectivity index (χ0v) is 14.2. The van der Waals surface area contributed by atoms with Crippen LogP contribution in [0.1, 0.15) is 17.8 Å². The zero-order chi connectivity index (χ0) is 15.4. The second-order valence-electron chi connectivity index (χ2n) is 5.25. The Morgan fingerprint density at radius 3 is 2.82 bits per heavy atom. The summed E-state index contributed by atoms with van der Waals surface area (Å²) in [5.74, 6) is 0. The number of para-hydroxylation sites is 2. The highest BCUT2D eigenvalue weighted by atomic mass is 32.2. The number of hydrogen-bond acceptors (Lipinski definition) is 7. The van der Waals surface area contributed by atoms with E-state index >= 15 is 0 Å². The van der Waals surface area contributed by atoms with Crippen LogP contribution in [0.15, 0.2) is 28.6 Å². The van der Waals surface area contributed by atoms with Gasteiger partial charge in [0.1, 0.15) is 5.01 Å². The fourth-order valence-electron chi connectivity index (χ4n) is 2.57. The largest absolute Gasteiger partial charge is 0.393 e. The van der Waals surface area contributed by atoms with Gasteiger partial charge in [-0.3, -0.25) is 0 Å². The Morgan fingerprint density at radius 1 is 1.32 bits per heavy atom. The summed E-state index contributed by atoms with van der Waals surface area (Å²) in [6.45, 7) is 2.48. The summed E-state index contributed by atoms with van der Waals surface area (Å²) in [4.78, 5) is 2.34. The van der Waals surface area contributed by atoms with Crippen LogP contribution >= 0.6 is 23.1 Å². The molecule has 0 aliphatic carbocycles. The van der Waals surface area contributed by atoms with Crippen LogP contribution in [0, 0.1) is 0 Å². The average Bonchev–Trinajstić information content (AvgIpc) is 3.02. The van der Waals surface area contributed by atoms with Gasteiger partial charge in [0.25, 0.3) is 0 Å². The maximum atomic E-state index is 9.66. The average molecular weight is 336 g/mol. The molecule has 2 N–H and O–H groups in total. The van der Waals surface area contributed by atoms with Crippen LogP contribution in [0.3, 0.4) is 0 Å². The van der Waals surface area contributed by atoms with E-state index in [1.54, 1.807) is 23.1 Å².